The first-order valence-corrected chi connectivity index (χ1v) is 9.55. The highest BCUT2D eigenvalue weighted by Gasteiger charge is 2.28. The molecule has 0 spiro atoms. The van der Waals surface area contributed by atoms with Crippen molar-refractivity contribution in [2.45, 2.75) is 19.5 Å². The van der Waals surface area contributed by atoms with Gasteiger partial charge < -0.3 is 20.2 Å². The minimum Gasteiger partial charge on any atom is -0.501 e. The first-order valence-electron chi connectivity index (χ1n) is 9.55. The molecule has 11 heteroatoms. The lowest BCUT2D eigenvalue weighted by Gasteiger charge is -2.20. The van der Waals surface area contributed by atoms with Crippen LogP contribution >= 0.6 is 0 Å². The van der Waals surface area contributed by atoms with Gasteiger partial charge in [-0.05, 0) is 17.7 Å². The molecule has 0 fully saturated rings. The van der Waals surface area contributed by atoms with Crippen molar-refractivity contribution in [3.63, 3.8) is 0 Å². The van der Waals surface area contributed by atoms with Crippen LogP contribution in [0.4, 0.5) is 4.39 Å². The minimum atomic E-state index is -0.801. The van der Waals surface area contributed by atoms with E-state index in [2.05, 4.69) is 10.3 Å². The summed E-state index contributed by atoms with van der Waals surface area (Å²) in [5.41, 5.74) is -0.604. The standard InChI is InChI=1S/C20H22FN5O5/c1-24(2)19(30)20(31)25-8-7-14-23-15(16(27)18(29)26(14)10-9-25)17(28)22-11-12-3-5-13(21)6-4-12/h3-6,27H,7-11H2,1-2H3,(H,22,28). The van der Waals surface area contributed by atoms with Gasteiger partial charge >= 0.3 is 11.8 Å². The number of nitrogens with one attached hydrogen (secondary N) is 1. The average Bonchev–Trinajstić information content (AvgIpc) is 2.97. The lowest BCUT2D eigenvalue weighted by Crippen LogP contribution is -2.43. The van der Waals surface area contributed by atoms with Gasteiger partial charge in [-0.1, -0.05) is 12.1 Å². The van der Waals surface area contributed by atoms with Crippen LogP contribution in [0.15, 0.2) is 29.1 Å². The minimum absolute atomic E-state index is 0.0264. The summed E-state index contributed by atoms with van der Waals surface area (Å²) in [4.78, 5) is 55.9. The Labute approximate surface area is 176 Å². The maximum Gasteiger partial charge on any atom is 0.312 e. The number of aromatic hydroxyl groups is 1. The number of hydrogen-bond donors (Lipinski definition) is 2. The lowest BCUT2D eigenvalue weighted by molar-refractivity contribution is -0.150. The molecule has 31 heavy (non-hydrogen) atoms. The van der Waals surface area contributed by atoms with Crippen molar-refractivity contribution >= 4 is 17.7 Å². The summed E-state index contributed by atoms with van der Waals surface area (Å²) in [5.74, 6) is -3.13. The van der Waals surface area contributed by atoms with Gasteiger partial charge in [-0.25, -0.2) is 9.37 Å². The van der Waals surface area contributed by atoms with Gasteiger partial charge in [0.15, 0.2) is 5.69 Å². The monoisotopic (exact) mass is 431 g/mol. The van der Waals surface area contributed by atoms with Crippen LogP contribution in [0.3, 0.4) is 0 Å². The first kappa shape index (κ1) is 21.9. The molecule has 1 aliphatic rings. The fourth-order valence-electron chi connectivity index (χ4n) is 3.13. The molecule has 0 saturated carbocycles. The van der Waals surface area contributed by atoms with E-state index in [0.717, 1.165) is 0 Å². The molecule has 0 atom stereocenters. The van der Waals surface area contributed by atoms with Gasteiger partial charge in [0, 0.05) is 46.7 Å². The fourth-order valence-corrected chi connectivity index (χ4v) is 3.13. The number of hydrogen-bond acceptors (Lipinski definition) is 6. The van der Waals surface area contributed by atoms with Crippen molar-refractivity contribution in [3.8, 4) is 5.75 Å². The molecule has 3 amide bonds. The van der Waals surface area contributed by atoms with Crippen LogP contribution in [0.25, 0.3) is 0 Å². The van der Waals surface area contributed by atoms with E-state index >= 15 is 0 Å². The highest BCUT2D eigenvalue weighted by Crippen LogP contribution is 2.14. The summed E-state index contributed by atoms with van der Waals surface area (Å²) in [5, 5.41) is 12.8. The number of halogens is 1. The summed E-state index contributed by atoms with van der Waals surface area (Å²) in [7, 11) is 2.93. The number of carbonyl (C=O) groups is 3. The Morgan fingerprint density at radius 1 is 1.16 bits per heavy atom. The summed E-state index contributed by atoms with van der Waals surface area (Å²) >= 11 is 0. The van der Waals surface area contributed by atoms with Crippen LogP contribution in [0.2, 0.25) is 0 Å². The normalized spacial score (nSPS) is 13.2. The van der Waals surface area contributed by atoms with Gasteiger partial charge in [0.25, 0.3) is 11.5 Å². The van der Waals surface area contributed by atoms with E-state index in [1.807, 2.05) is 0 Å². The fraction of sp³-hybridized carbons (Fsp3) is 0.350. The molecule has 164 valence electrons. The van der Waals surface area contributed by atoms with Crippen LogP contribution in [0.1, 0.15) is 21.9 Å². The molecular formula is C20H22FN5O5. The summed E-state index contributed by atoms with van der Waals surface area (Å²) in [6.45, 7) is 0.293. The van der Waals surface area contributed by atoms with Crippen LogP contribution in [0, 0.1) is 5.82 Å². The SMILES string of the molecule is CN(C)C(=O)C(=O)N1CCc2nc(C(=O)NCc3ccc(F)cc3)c(O)c(=O)n2CC1. The molecule has 1 aliphatic heterocycles. The van der Waals surface area contributed by atoms with E-state index in [4.69, 9.17) is 0 Å². The van der Waals surface area contributed by atoms with Crippen LogP contribution < -0.4 is 10.9 Å². The van der Waals surface area contributed by atoms with E-state index in [1.54, 1.807) is 0 Å². The maximum atomic E-state index is 13.0. The molecular weight excluding hydrogens is 409 g/mol. The molecule has 0 bridgehead atoms. The lowest BCUT2D eigenvalue weighted by atomic mass is 10.2. The molecule has 0 unspecified atom stereocenters. The molecule has 2 heterocycles. The largest absolute Gasteiger partial charge is 0.501 e. The second-order valence-electron chi connectivity index (χ2n) is 7.23. The number of benzene rings is 1. The highest BCUT2D eigenvalue weighted by atomic mass is 19.1. The third-order valence-corrected chi connectivity index (χ3v) is 4.88. The maximum absolute atomic E-state index is 13.0. The first-order chi connectivity index (χ1) is 14.7. The van der Waals surface area contributed by atoms with Gasteiger partial charge in [0.2, 0.25) is 5.75 Å². The van der Waals surface area contributed by atoms with Crippen molar-refractivity contribution in [3.05, 3.63) is 57.5 Å². The van der Waals surface area contributed by atoms with Gasteiger partial charge in [-0.3, -0.25) is 23.7 Å². The summed E-state index contributed by atoms with van der Waals surface area (Å²) in [6.07, 6.45) is 0.125. The second-order valence-corrected chi connectivity index (χ2v) is 7.23. The Morgan fingerprint density at radius 2 is 1.84 bits per heavy atom. The van der Waals surface area contributed by atoms with E-state index in [-0.39, 0.29) is 38.4 Å². The molecule has 0 aliphatic carbocycles. The van der Waals surface area contributed by atoms with Crippen molar-refractivity contribution in [2.24, 2.45) is 0 Å². The highest BCUT2D eigenvalue weighted by molar-refractivity contribution is 6.34. The number of likely N-dealkylation sites (N-methyl/N-ethyl adjacent to an activating group) is 1. The van der Waals surface area contributed by atoms with E-state index in [9.17, 15) is 28.7 Å². The predicted octanol–water partition coefficient (Wildman–Crippen LogP) is -0.509. The zero-order valence-electron chi connectivity index (χ0n) is 17.1. The Hall–Kier alpha value is -3.76. The van der Waals surface area contributed by atoms with Crippen LogP contribution in [0.5, 0.6) is 5.75 Å². The molecule has 2 aromatic rings. The van der Waals surface area contributed by atoms with Crippen molar-refractivity contribution in [2.75, 3.05) is 27.2 Å². The smallest absolute Gasteiger partial charge is 0.312 e. The number of rotatable bonds is 3. The Morgan fingerprint density at radius 3 is 2.48 bits per heavy atom. The van der Waals surface area contributed by atoms with Crippen molar-refractivity contribution in [1.29, 1.82) is 0 Å². The predicted molar refractivity (Wildman–Crippen MR) is 107 cm³/mol. The average molecular weight is 431 g/mol. The number of aromatic nitrogens is 2. The topological polar surface area (TPSA) is 125 Å². The Kier molecular flexibility index (Phi) is 6.33. The molecule has 3 rings (SSSR count). The Bertz CT molecular complexity index is 1080. The Balaban J connectivity index is 1.78. The second kappa shape index (κ2) is 8.94. The van der Waals surface area contributed by atoms with Gasteiger partial charge in [-0.15, -0.1) is 0 Å². The summed E-state index contributed by atoms with van der Waals surface area (Å²) in [6, 6.07) is 5.49. The van der Waals surface area contributed by atoms with Crippen LogP contribution in [-0.4, -0.2) is 69.4 Å². The zero-order chi connectivity index (χ0) is 22.7. The quantitative estimate of drug-likeness (QED) is 0.631. The molecule has 1 aromatic carbocycles. The van der Waals surface area contributed by atoms with E-state index in [1.165, 1.54) is 52.7 Å². The van der Waals surface area contributed by atoms with E-state index in [0.29, 0.717) is 5.56 Å². The number of nitrogens with zero attached hydrogens (tertiary/aromatic N) is 4. The van der Waals surface area contributed by atoms with Crippen molar-refractivity contribution < 1.29 is 23.9 Å². The third kappa shape index (κ3) is 4.71. The third-order valence-electron chi connectivity index (χ3n) is 4.88. The van der Waals surface area contributed by atoms with Gasteiger partial charge in [0.1, 0.15) is 11.6 Å². The van der Waals surface area contributed by atoms with Gasteiger partial charge in [0.05, 0.1) is 0 Å². The molecule has 0 saturated heterocycles. The molecule has 10 nitrogen and oxygen atoms in total. The number of carbonyl (C=O) groups excluding carboxylic acids is 3. The number of amides is 3. The molecule has 0 radical (unpaired) electrons. The van der Waals surface area contributed by atoms with Gasteiger partial charge in [-0.2, -0.15) is 0 Å². The zero-order valence-corrected chi connectivity index (χ0v) is 17.1. The van der Waals surface area contributed by atoms with Crippen LogP contribution in [-0.2, 0) is 29.1 Å². The number of fused-ring (bicyclic) bond motifs is 1. The molecule has 2 N–H and O–H groups in total. The van der Waals surface area contributed by atoms with Crippen molar-refractivity contribution in [1.82, 2.24) is 24.7 Å². The summed E-state index contributed by atoms with van der Waals surface area (Å²) < 4.78 is 14.2. The van der Waals surface area contributed by atoms with E-state index < -0.39 is 40.5 Å². The molecule has 1 aromatic heterocycles.